The van der Waals surface area contributed by atoms with Crippen molar-refractivity contribution in [1.29, 1.82) is 0 Å². The van der Waals surface area contributed by atoms with E-state index in [9.17, 15) is 4.79 Å². The van der Waals surface area contributed by atoms with E-state index in [-0.39, 0.29) is 11.9 Å². The molecule has 4 heteroatoms. The monoisotopic (exact) mass is 287 g/mol. The second-order valence-electron chi connectivity index (χ2n) is 6.22. The fourth-order valence-corrected chi connectivity index (χ4v) is 3.32. The zero-order valence-electron chi connectivity index (χ0n) is 12.8. The second kappa shape index (κ2) is 6.58. The third-order valence-corrected chi connectivity index (χ3v) is 4.49. The Labute approximate surface area is 126 Å². The molecule has 2 N–H and O–H groups in total. The lowest BCUT2D eigenvalue weighted by atomic mass is 10.1. The van der Waals surface area contributed by atoms with E-state index in [0.29, 0.717) is 0 Å². The number of nitrogens with zero attached hydrogens (tertiary/aromatic N) is 1. The van der Waals surface area contributed by atoms with Crippen LogP contribution >= 0.6 is 0 Å². The van der Waals surface area contributed by atoms with E-state index in [4.69, 9.17) is 0 Å². The Hall–Kier alpha value is -1.39. The highest BCUT2D eigenvalue weighted by Crippen LogP contribution is 2.31. The summed E-state index contributed by atoms with van der Waals surface area (Å²) in [6, 6.07) is 5.96. The Kier molecular flexibility index (Phi) is 4.56. The van der Waals surface area contributed by atoms with Gasteiger partial charge >= 0.3 is 0 Å². The van der Waals surface area contributed by atoms with Crippen LogP contribution in [0.25, 0.3) is 0 Å². The van der Waals surface area contributed by atoms with Gasteiger partial charge in [-0.05, 0) is 58.4 Å². The van der Waals surface area contributed by atoms with Crippen molar-refractivity contribution in [3.63, 3.8) is 0 Å². The predicted octanol–water partition coefficient (Wildman–Crippen LogP) is 2.45. The van der Waals surface area contributed by atoms with Gasteiger partial charge in [0.05, 0.1) is 0 Å². The Morgan fingerprint density at radius 1 is 1.29 bits per heavy atom. The number of likely N-dealkylation sites (tertiary alicyclic amines) is 1. The number of hydrogen-bond acceptors (Lipinski definition) is 3. The van der Waals surface area contributed by atoms with Crippen LogP contribution in [0, 0.1) is 6.92 Å². The molecule has 1 amide bonds. The van der Waals surface area contributed by atoms with Crippen LogP contribution in [0.15, 0.2) is 18.2 Å². The summed E-state index contributed by atoms with van der Waals surface area (Å²) in [6.07, 6.45) is 5.16. The van der Waals surface area contributed by atoms with Gasteiger partial charge in [-0.2, -0.15) is 0 Å². The van der Waals surface area contributed by atoms with Crippen LogP contribution in [-0.4, -0.2) is 37.0 Å². The van der Waals surface area contributed by atoms with E-state index in [0.717, 1.165) is 30.8 Å². The van der Waals surface area contributed by atoms with E-state index in [1.807, 2.05) is 12.1 Å². The number of fused-ring (bicyclic) bond motifs is 1. The number of piperidine rings is 1. The minimum absolute atomic E-state index is 0.0774. The molecular formula is C17H25N3O. The van der Waals surface area contributed by atoms with Crippen molar-refractivity contribution in [3.05, 3.63) is 29.3 Å². The molecule has 0 radical (unpaired) electrons. The maximum Gasteiger partial charge on any atom is 0.246 e. The van der Waals surface area contributed by atoms with Crippen molar-refractivity contribution in [1.82, 2.24) is 10.2 Å². The predicted molar refractivity (Wildman–Crippen MR) is 85.5 cm³/mol. The third-order valence-electron chi connectivity index (χ3n) is 4.49. The number of carbonyl (C=O) groups excluding carboxylic acids is 1. The molecule has 1 saturated heterocycles. The highest BCUT2D eigenvalue weighted by atomic mass is 16.2. The molecular weight excluding hydrogens is 262 g/mol. The van der Waals surface area contributed by atoms with E-state index in [2.05, 4.69) is 28.5 Å². The first-order valence-electron chi connectivity index (χ1n) is 8.11. The molecule has 0 aromatic heterocycles. The zero-order chi connectivity index (χ0) is 14.7. The van der Waals surface area contributed by atoms with E-state index in [1.54, 1.807) is 0 Å². The molecule has 2 aliphatic rings. The molecule has 2 heterocycles. The number of amides is 1. The first kappa shape index (κ1) is 14.5. The van der Waals surface area contributed by atoms with Crippen molar-refractivity contribution >= 4 is 11.6 Å². The van der Waals surface area contributed by atoms with Gasteiger partial charge in [0, 0.05) is 11.3 Å². The average Bonchev–Trinajstić information content (AvgIpc) is 2.80. The number of anilines is 1. The summed E-state index contributed by atoms with van der Waals surface area (Å²) in [5, 5.41) is 6.37. The Bertz CT molecular complexity index is 509. The van der Waals surface area contributed by atoms with Crippen LogP contribution in [0.4, 0.5) is 5.69 Å². The minimum Gasteiger partial charge on any atom is -0.324 e. The second-order valence-corrected chi connectivity index (χ2v) is 6.22. The molecule has 1 fully saturated rings. The molecule has 114 valence electrons. The fourth-order valence-electron chi connectivity index (χ4n) is 3.32. The lowest BCUT2D eigenvalue weighted by Gasteiger charge is -2.26. The molecule has 1 aromatic carbocycles. The summed E-state index contributed by atoms with van der Waals surface area (Å²) in [5.41, 5.74) is 3.25. The van der Waals surface area contributed by atoms with Gasteiger partial charge in [-0.3, -0.25) is 4.79 Å². The zero-order valence-corrected chi connectivity index (χ0v) is 12.8. The summed E-state index contributed by atoms with van der Waals surface area (Å²) < 4.78 is 0. The van der Waals surface area contributed by atoms with Gasteiger partial charge in [-0.1, -0.05) is 24.1 Å². The molecule has 0 saturated carbocycles. The van der Waals surface area contributed by atoms with Crippen molar-refractivity contribution in [2.45, 2.75) is 38.6 Å². The maximum absolute atomic E-state index is 12.1. The number of hydrogen-bond donors (Lipinski definition) is 2. The molecule has 4 nitrogen and oxygen atoms in total. The smallest absolute Gasteiger partial charge is 0.246 e. The molecule has 0 aliphatic carbocycles. The maximum atomic E-state index is 12.1. The van der Waals surface area contributed by atoms with Gasteiger partial charge < -0.3 is 15.5 Å². The molecule has 1 aromatic rings. The SMILES string of the molecule is Cc1ccc2c(c1)C(NCCCN1CCCCC1)C(=O)N2. The van der Waals surface area contributed by atoms with Gasteiger partial charge in [-0.15, -0.1) is 0 Å². The highest BCUT2D eigenvalue weighted by Gasteiger charge is 2.29. The van der Waals surface area contributed by atoms with Gasteiger partial charge in [0.2, 0.25) is 5.91 Å². The molecule has 1 unspecified atom stereocenters. The minimum atomic E-state index is -0.179. The van der Waals surface area contributed by atoms with Crippen molar-refractivity contribution in [2.24, 2.45) is 0 Å². The summed E-state index contributed by atoms with van der Waals surface area (Å²) in [5.74, 6) is 0.0774. The van der Waals surface area contributed by atoms with Crippen molar-refractivity contribution in [2.75, 3.05) is 31.5 Å². The van der Waals surface area contributed by atoms with E-state index >= 15 is 0 Å². The Morgan fingerprint density at radius 2 is 2.10 bits per heavy atom. The Morgan fingerprint density at radius 3 is 2.90 bits per heavy atom. The average molecular weight is 287 g/mol. The normalized spacial score (nSPS) is 22.1. The lowest BCUT2D eigenvalue weighted by molar-refractivity contribution is -0.117. The van der Waals surface area contributed by atoms with Gasteiger partial charge in [0.1, 0.15) is 6.04 Å². The molecule has 0 bridgehead atoms. The quantitative estimate of drug-likeness (QED) is 0.818. The van der Waals surface area contributed by atoms with Gasteiger partial charge in [0.25, 0.3) is 0 Å². The van der Waals surface area contributed by atoms with Crippen LogP contribution in [0.2, 0.25) is 0 Å². The number of carbonyl (C=O) groups is 1. The van der Waals surface area contributed by atoms with Gasteiger partial charge in [0.15, 0.2) is 0 Å². The summed E-state index contributed by atoms with van der Waals surface area (Å²) in [4.78, 5) is 14.6. The van der Waals surface area contributed by atoms with Crippen LogP contribution in [0.1, 0.15) is 42.9 Å². The van der Waals surface area contributed by atoms with Crippen molar-refractivity contribution < 1.29 is 4.79 Å². The van der Waals surface area contributed by atoms with Crippen LogP contribution in [0.3, 0.4) is 0 Å². The van der Waals surface area contributed by atoms with E-state index in [1.165, 1.54) is 37.9 Å². The lowest BCUT2D eigenvalue weighted by Crippen LogP contribution is -2.34. The highest BCUT2D eigenvalue weighted by molar-refractivity contribution is 6.02. The molecule has 21 heavy (non-hydrogen) atoms. The molecule has 1 atom stereocenters. The number of rotatable bonds is 5. The van der Waals surface area contributed by atoms with Crippen LogP contribution < -0.4 is 10.6 Å². The standard InChI is InChI=1S/C17H25N3O/c1-13-6-7-15-14(12-13)16(17(21)19-15)18-8-5-11-20-9-3-2-4-10-20/h6-7,12,16,18H,2-5,8-11H2,1H3,(H,19,21). The topological polar surface area (TPSA) is 44.4 Å². The van der Waals surface area contributed by atoms with Crippen LogP contribution in [-0.2, 0) is 4.79 Å². The van der Waals surface area contributed by atoms with Crippen LogP contribution in [0.5, 0.6) is 0 Å². The third kappa shape index (κ3) is 3.44. The number of nitrogens with one attached hydrogen (secondary N) is 2. The summed E-state index contributed by atoms with van der Waals surface area (Å²) in [7, 11) is 0. The number of benzene rings is 1. The van der Waals surface area contributed by atoms with E-state index < -0.39 is 0 Å². The summed E-state index contributed by atoms with van der Waals surface area (Å²) >= 11 is 0. The van der Waals surface area contributed by atoms with Crippen molar-refractivity contribution in [3.8, 4) is 0 Å². The largest absolute Gasteiger partial charge is 0.324 e. The van der Waals surface area contributed by atoms with Gasteiger partial charge in [-0.25, -0.2) is 0 Å². The fraction of sp³-hybridized carbons (Fsp3) is 0.588. The molecule has 3 rings (SSSR count). The first-order chi connectivity index (χ1) is 10.2. The molecule has 2 aliphatic heterocycles. The molecule has 0 spiro atoms. The Balaban J connectivity index is 1.49. The first-order valence-corrected chi connectivity index (χ1v) is 8.11. The summed E-state index contributed by atoms with van der Waals surface area (Å²) in [6.45, 7) is 6.58. The number of aryl methyl sites for hydroxylation is 1.